The van der Waals surface area contributed by atoms with Gasteiger partial charge in [0.2, 0.25) is 0 Å². The summed E-state index contributed by atoms with van der Waals surface area (Å²) in [5, 5.41) is 0. The minimum Gasteiger partial charge on any atom is -0.466 e. The molecule has 1 heterocycles. The lowest BCUT2D eigenvalue weighted by molar-refractivity contribution is -0.149. The van der Waals surface area contributed by atoms with Gasteiger partial charge in [-0.05, 0) is 32.9 Å². The van der Waals surface area contributed by atoms with E-state index in [1.54, 1.807) is 4.90 Å². The van der Waals surface area contributed by atoms with Crippen molar-refractivity contribution >= 4 is 5.97 Å². The van der Waals surface area contributed by atoms with Crippen LogP contribution in [0.2, 0.25) is 0 Å². The highest BCUT2D eigenvalue weighted by Gasteiger charge is 2.24. The van der Waals surface area contributed by atoms with Gasteiger partial charge in [0.1, 0.15) is 0 Å². The molecule has 0 aromatic rings. The molecule has 68 valence electrons. The van der Waals surface area contributed by atoms with Crippen molar-refractivity contribution in [1.29, 1.82) is 0 Å². The number of likely N-dealkylation sites (tertiary alicyclic amines) is 1. The fourth-order valence-electron chi connectivity index (χ4n) is 1.40. The monoisotopic (exact) mass is 169 g/mol. The number of ether oxygens (including phenoxy) is 1. The second-order valence-corrected chi connectivity index (χ2v) is 3.06. The van der Waals surface area contributed by atoms with Crippen LogP contribution in [0.3, 0.4) is 0 Å². The smallest absolute Gasteiger partial charge is 0.309 e. The molecule has 0 saturated carbocycles. The molecule has 3 nitrogen and oxygen atoms in total. The zero-order chi connectivity index (χ0) is 8.97. The first-order valence-electron chi connectivity index (χ1n) is 4.40. The third kappa shape index (κ3) is 2.48. The average molecular weight is 169 g/mol. The Balaban J connectivity index is 2.29. The summed E-state index contributed by atoms with van der Waals surface area (Å²) >= 11 is 0. The van der Waals surface area contributed by atoms with Crippen molar-refractivity contribution in [2.45, 2.75) is 19.8 Å². The number of carbonyl (C=O) groups excluding carboxylic acids is 1. The fraction of sp³-hybridized carbons (Fsp3) is 0.778. The Morgan fingerprint density at radius 1 is 1.58 bits per heavy atom. The first-order valence-corrected chi connectivity index (χ1v) is 4.40. The normalized spacial score (nSPS) is 20.8. The van der Waals surface area contributed by atoms with Gasteiger partial charge in [0, 0.05) is 7.05 Å². The van der Waals surface area contributed by atoms with E-state index in [2.05, 4.69) is 0 Å². The van der Waals surface area contributed by atoms with Gasteiger partial charge in [-0.15, -0.1) is 0 Å². The molecule has 12 heavy (non-hydrogen) atoms. The molecule has 1 aliphatic rings. The molecule has 1 fully saturated rings. The lowest BCUT2D eigenvalue weighted by Gasteiger charge is -2.26. The van der Waals surface area contributed by atoms with Gasteiger partial charge < -0.3 is 4.74 Å². The Hall–Kier alpha value is -0.570. The summed E-state index contributed by atoms with van der Waals surface area (Å²) in [6, 6.07) is 0. The highest BCUT2D eigenvalue weighted by atomic mass is 16.5. The molecule has 0 N–H and O–H groups in total. The van der Waals surface area contributed by atoms with Gasteiger partial charge in [-0.25, -0.2) is 0 Å². The van der Waals surface area contributed by atoms with E-state index in [1.807, 2.05) is 6.92 Å². The largest absolute Gasteiger partial charge is 0.466 e. The van der Waals surface area contributed by atoms with Crippen LogP contribution in [-0.2, 0) is 9.53 Å². The van der Waals surface area contributed by atoms with Crippen LogP contribution in [0.5, 0.6) is 0 Å². The number of rotatable bonds is 2. The molecule has 1 aliphatic heterocycles. The summed E-state index contributed by atoms with van der Waals surface area (Å²) in [4.78, 5) is 13.0. The quantitative estimate of drug-likeness (QED) is 0.576. The van der Waals surface area contributed by atoms with Crippen molar-refractivity contribution in [2.75, 3.05) is 19.7 Å². The molecule has 0 aliphatic carbocycles. The Morgan fingerprint density at radius 2 is 2.17 bits per heavy atom. The van der Waals surface area contributed by atoms with Gasteiger partial charge >= 0.3 is 5.97 Å². The van der Waals surface area contributed by atoms with Crippen LogP contribution in [0.1, 0.15) is 19.8 Å². The van der Waals surface area contributed by atoms with Crippen molar-refractivity contribution in [2.24, 2.45) is 5.92 Å². The highest BCUT2D eigenvalue weighted by Crippen LogP contribution is 2.17. The Kier molecular flexibility index (Phi) is 3.53. The van der Waals surface area contributed by atoms with Crippen LogP contribution in [-0.4, -0.2) is 30.6 Å². The minimum atomic E-state index is -0.0643. The standard InChI is InChI=1S/C9H15NO2/c1-3-12-9(11)8-4-6-10(2)7-5-8/h2,8H,3-7H2,1H3. The van der Waals surface area contributed by atoms with E-state index >= 15 is 0 Å². The average Bonchev–Trinajstić information content (AvgIpc) is 2.06. The summed E-state index contributed by atoms with van der Waals surface area (Å²) < 4.78 is 4.92. The molecule has 0 unspecified atom stereocenters. The van der Waals surface area contributed by atoms with Gasteiger partial charge in [-0.2, -0.15) is 0 Å². The third-order valence-corrected chi connectivity index (χ3v) is 2.15. The van der Waals surface area contributed by atoms with Crippen LogP contribution in [0.15, 0.2) is 0 Å². The number of carbonyl (C=O) groups is 1. The Morgan fingerprint density at radius 3 is 2.67 bits per heavy atom. The van der Waals surface area contributed by atoms with E-state index in [0.717, 1.165) is 25.9 Å². The van der Waals surface area contributed by atoms with Crippen LogP contribution in [0.25, 0.3) is 0 Å². The van der Waals surface area contributed by atoms with Gasteiger partial charge in [0.15, 0.2) is 0 Å². The van der Waals surface area contributed by atoms with Crippen molar-refractivity contribution in [3.8, 4) is 0 Å². The molecule has 0 aromatic heterocycles. The first kappa shape index (κ1) is 9.52. The number of esters is 1. The van der Waals surface area contributed by atoms with E-state index in [1.165, 1.54) is 0 Å². The van der Waals surface area contributed by atoms with Crippen LogP contribution < -0.4 is 0 Å². The topological polar surface area (TPSA) is 29.5 Å². The molecule has 0 amide bonds. The molecule has 2 radical (unpaired) electrons. The number of hydrogen-bond donors (Lipinski definition) is 0. The molecule has 0 spiro atoms. The van der Waals surface area contributed by atoms with E-state index in [4.69, 9.17) is 11.8 Å². The first-order chi connectivity index (χ1) is 5.74. The minimum absolute atomic E-state index is 0.0643. The maximum atomic E-state index is 11.2. The van der Waals surface area contributed by atoms with Crippen LogP contribution in [0, 0.1) is 13.0 Å². The van der Waals surface area contributed by atoms with Gasteiger partial charge in [-0.1, -0.05) is 0 Å². The summed E-state index contributed by atoms with van der Waals surface area (Å²) in [7, 11) is 5.55. The fourth-order valence-corrected chi connectivity index (χ4v) is 1.40. The molecule has 1 rings (SSSR count). The molecule has 1 saturated heterocycles. The Labute approximate surface area is 73.7 Å². The number of hydrogen-bond acceptors (Lipinski definition) is 3. The summed E-state index contributed by atoms with van der Waals surface area (Å²) in [5.74, 6) is 0.00958. The van der Waals surface area contributed by atoms with E-state index in [-0.39, 0.29) is 11.9 Å². The molecule has 3 heteroatoms. The molecular weight excluding hydrogens is 154 g/mol. The molecule has 0 bridgehead atoms. The van der Waals surface area contributed by atoms with E-state index in [9.17, 15) is 4.79 Å². The highest BCUT2D eigenvalue weighted by molar-refractivity contribution is 5.72. The molecule has 0 atom stereocenters. The Bertz CT molecular complexity index is 151. The van der Waals surface area contributed by atoms with Crippen molar-refractivity contribution in [1.82, 2.24) is 4.90 Å². The van der Waals surface area contributed by atoms with Crippen LogP contribution in [0.4, 0.5) is 0 Å². The zero-order valence-corrected chi connectivity index (χ0v) is 7.45. The van der Waals surface area contributed by atoms with Gasteiger partial charge in [0.05, 0.1) is 12.5 Å². The second-order valence-electron chi connectivity index (χ2n) is 3.06. The van der Waals surface area contributed by atoms with Gasteiger partial charge in [-0.3, -0.25) is 9.69 Å². The number of piperidine rings is 1. The van der Waals surface area contributed by atoms with Crippen molar-refractivity contribution < 1.29 is 9.53 Å². The molecular formula is C9H15NO2. The SMILES string of the molecule is [CH]N1CCC(C(=O)OCC)CC1. The number of nitrogens with zero attached hydrogens (tertiary/aromatic N) is 1. The van der Waals surface area contributed by atoms with Crippen molar-refractivity contribution in [3.05, 3.63) is 7.05 Å². The third-order valence-electron chi connectivity index (χ3n) is 2.15. The predicted octanol–water partition coefficient (Wildman–Crippen LogP) is 0.930. The maximum absolute atomic E-state index is 11.2. The summed E-state index contributed by atoms with van der Waals surface area (Å²) in [6.45, 7) is 3.89. The summed E-state index contributed by atoms with van der Waals surface area (Å²) in [5.41, 5.74) is 0. The van der Waals surface area contributed by atoms with E-state index in [0.29, 0.717) is 6.61 Å². The maximum Gasteiger partial charge on any atom is 0.309 e. The van der Waals surface area contributed by atoms with Crippen LogP contribution >= 0.6 is 0 Å². The molecule has 0 aromatic carbocycles. The second kappa shape index (κ2) is 4.45. The summed E-state index contributed by atoms with van der Waals surface area (Å²) in [6.07, 6.45) is 1.66. The zero-order valence-electron chi connectivity index (χ0n) is 7.45. The van der Waals surface area contributed by atoms with Gasteiger partial charge in [0.25, 0.3) is 0 Å². The van der Waals surface area contributed by atoms with Crippen molar-refractivity contribution in [3.63, 3.8) is 0 Å². The lowest BCUT2D eigenvalue weighted by Crippen LogP contribution is -2.33. The van der Waals surface area contributed by atoms with E-state index < -0.39 is 0 Å². The lowest BCUT2D eigenvalue weighted by atomic mass is 9.97. The predicted molar refractivity (Wildman–Crippen MR) is 45.2 cm³/mol.